The Hall–Kier alpha value is -0.780. The van der Waals surface area contributed by atoms with Gasteiger partial charge in [0.1, 0.15) is 0 Å². The predicted molar refractivity (Wildman–Crippen MR) is 54.3 cm³/mol. The Bertz CT molecular complexity index is 356. The smallest absolute Gasteiger partial charge is 0.231 e. The van der Waals surface area contributed by atoms with Gasteiger partial charge in [-0.1, -0.05) is 6.07 Å². The molecule has 1 aliphatic heterocycles. The number of rotatable bonds is 2. The largest absolute Gasteiger partial charge is 0.454 e. The molecule has 2 rings (SSSR count). The third kappa shape index (κ3) is 1.47. The zero-order valence-electron chi connectivity index (χ0n) is 7.37. The number of halogens is 1. The lowest BCUT2D eigenvalue weighted by molar-refractivity contribution is 0.173. The number of hydrogen-bond acceptors (Lipinski definition) is 4. The van der Waals surface area contributed by atoms with Crippen molar-refractivity contribution in [1.82, 2.24) is 0 Å². The zero-order valence-corrected chi connectivity index (χ0v) is 8.95. The maximum atomic E-state index is 8.94. The van der Waals surface area contributed by atoms with Gasteiger partial charge >= 0.3 is 0 Å². The number of nitrogens with two attached hydrogens (primary N) is 1. The highest BCUT2D eigenvalue weighted by Gasteiger charge is 2.21. The van der Waals surface area contributed by atoms with E-state index in [9.17, 15) is 0 Å². The van der Waals surface area contributed by atoms with E-state index in [2.05, 4.69) is 15.9 Å². The van der Waals surface area contributed by atoms with Crippen LogP contribution in [0.1, 0.15) is 11.6 Å². The number of hydrogen-bond donors (Lipinski definition) is 2. The molecule has 5 heteroatoms. The molecular formula is C9H10BrNO3. The summed E-state index contributed by atoms with van der Waals surface area (Å²) < 4.78 is 11.2. The quantitative estimate of drug-likeness (QED) is 0.837. The van der Waals surface area contributed by atoms with E-state index in [4.69, 9.17) is 20.3 Å². The van der Waals surface area contributed by atoms with Crippen LogP contribution in [0.15, 0.2) is 16.6 Å². The molecule has 0 saturated carbocycles. The van der Waals surface area contributed by atoms with Crippen molar-refractivity contribution < 1.29 is 14.6 Å². The van der Waals surface area contributed by atoms with Crippen molar-refractivity contribution in [1.29, 1.82) is 0 Å². The Morgan fingerprint density at radius 1 is 1.50 bits per heavy atom. The Balaban J connectivity index is 2.44. The molecule has 4 nitrogen and oxygen atoms in total. The molecule has 0 fully saturated rings. The first kappa shape index (κ1) is 9.76. The monoisotopic (exact) mass is 259 g/mol. The van der Waals surface area contributed by atoms with E-state index in [0.29, 0.717) is 11.5 Å². The minimum atomic E-state index is -0.404. The number of benzene rings is 1. The van der Waals surface area contributed by atoms with Crippen LogP contribution >= 0.6 is 15.9 Å². The standard InChI is InChI=1S/C9H10BrNO3/c10-8-5(6(11)3-12)1-2-7-9(8)14-4-13-7/h1-2,6,12H,3-4,11H2. The number of fused-ring (bicyclic) bond motifs is 1. The molecule has 1 aromatic rings. The van der Waals surface area contributed by atoms with E-state index in [1.807, 2.05) is 6.07 Å². The Morgan fingerprint density at radius 3 is 3.00 bits per heavy atom. The molecule has 0 aromatic heterocycles. The van der Waals surface area contributed by atoms with Crippen LogP contribution < -0.4 is 15.2 Å². The van der Waals surface area contributed by atoms with Crippen LogP contribution in [-0.4, -0.2) is 18.5 Å². The third-order valence-corrected chi connectivity index (χ3v) is 2.92. The van der Waals surface area contributed by atoms with Crippen LogP contribution in [0.3, 0.4) is 0 Å². The molecule has 1 aliphatic rings. The van der Waals surface area contributed by atoms with Gasteiger partial charge in [0, 0.05) is 0 Å². The molecular weight excluding hydrogens is 250 g/mol. The van der Waals surface area contributed by atoms with Gasteiger partial charge in [0.25, 0.3) is 0 Å². The molecule has 1 aromatic carbocycles. The zero-order chi connectivity index (χ0) is 10.1. The summed E-state index contributed by atoms with van der Waals surface area (Å²) in [6, 6.07) is 3.20. The second-order valence-corrected chi connectivity index (χ2v) is 3.78. The minimum absolute atomic E-state index is 0.0990. The highest BCUT2D eigenvalue weighted by atomic mass is 79.9. The van der Waals surface area contributed by atoms with E-state index < -0.39 is 6.04 Å². The number of aliphatic hydroxyl groups excluding tert-OH is 1. The SMILES string of the molecule is NC(CO)c1ccc2c(c1Br)OCO2. The molecule has 76 valence electrons. The topological polar surface area (TPSA) is 64.7 Å². The molecule has 14 heavy (non-hydrogen) atoms. The van der Waals surface area contributed by atoms with Crippen LogP contribution in [0.5, 0.6) is 11.5 Å². The van der Waals surface area contributed by atoms with Crippen molar-refractivity contribution in [2.45, 2.75) is 6.04 Å². The summed E-state index contributed by atoms with van der Waals surface area (Å²) in [6.45, 7) is 0.129. The summed E-state index contributed by atoms with van der Waals surface area (Å²) in [4.78, 5) is 0. The van der Waals surface area contributed by atoms with Gasteiger partial charge in [0.2, 0.25) is 6.79 Å². The van der Waals surface area contributed by atoms with Gasteiger partial charge in [0.05, 0.1) is 17.1 Å². The summed E-state index contributed by atoms with van der Waals surface area (Å²) in [7, 11) is 0. The first-order valence-corrected chi connectivity index (χ1v) is 4.97. The molecule has 0 aliphatic carbocycles. The van der Waals surface area contributed by atoms with E-state index in [0.717, 1.165) is 10.0 Å². The summed E-state index contributed by atoms with van der Waals surface area (Å²) >= 11 is 3.38. The van der Waals surface area contributed by atoms with Crippen molar-refractivity contribution in [2.75, 3.05) is 13.4 Å². The predicted octanol–water partition coefficient (Wildman–Crippen LogP) is 1.17. The maximum Gasteiger partial charge on any atom is 0.231 e. The number of aliphatic hydroxyl groups is 1. The first-order chi connectivity index (χ1) is 6.74. The van der Waals surface area contributed by atoms with E-state index in [1.54, 1.807) is 6.07 Å². The second-order valence-electron chi connectivity index (χ2n) is 2.99. The normalized spacial score (nSPS) is 15.6. The molecule has 0 radical (unpaired) electrons. The average Bonchev–Trinajstić information content (AvgIpc) is 2.66. The maximum absolute atomic E-state index is 8.94. The van der Waals surface area contributed by atoms with Gasteiger partial charge in [-0.05, 0) is 27.6 Å². The van der Waals surface area contributed by atoms with E-state index in [1.165, 1.54) is 0 Å². The summed E-state index contributed by atoms with van der Waals surface area (Å²) in [6.07, 6.45) is 0. The van der Waals surface area contributed by atoms with Crippen molar-refractivity contribution >= 4 is 15.9 Å². The molecule has 0 spiro atoms. The first-order valence-electron chi connectivity index (χ1n) is 4.18. The average molecular weight is 260 g/mol. The molecule has 1 atom stereocenters. The van der Waals surface area contributed by atoms with Crippen LogP contribution in [0, 0.1) is 0 Å². The Kier molecular flexibility index (Phi) is 2.62. The molecule has 1 unspecified atom stereocenters. The lowest BCUT2D eigenvalue weighted by atomic mass is 10.1. The lowest BCUT2D eigenvalue weighted by Gasteiger charge is -2.11. The van der Waals surface area contributed by atoms with Gasteiger partial charge in [-0.25, -0.2) is 0 Å². The van der Waals surface area contributed by atoms with Gasteiger partial charge < -0.3 is 20.3 Å². The molecule has 0 saturated heterocycles. The van der Waals surface area contributed by atoms with Gasteiger partial charge in [-0.2, -0.15) is 0 Å². The van der Waals surface area contributed by atoms with Crippen LogP contribution in [-0.2, 0) is 0 Å². The highest BCUT2D eigenvalue weighted by molar-refractivity contribution is 9.10. The summed E-state index contributed by atoms with van der Waals surface area (Å²) in [5.74, 6) is 1.36. The van der Waals surface area contributed by atoms with Gasteiger partial charge in [0.15, 0.2) is 11.5 Å². The molecule has 3 N–H and O–H groups in total. The summed E-state index contributed by atoms with van der Waals surface area (Å²) in [5.41, 5.74) is 6.53. The Labute approximate surface area is 89.7 Å². The van der Waals surface area contributed by atoms with E-state index in [-0.39, 0.29) is 13.4 Å². The van der Waals surface area contributed by atoms with Crippen LogP contribution in [0.25, 0.3) is 0 Å². The van der Waals surface area contributed by atoms with Crippen LogP contribution in [0.4, 0.5) is 0 Å². The van der Waals surface area contributed by atoms with Crippen molar-refractivity contribution in [3.05, 3.63) is 22.2 Å². The van der Waals surface area contributed by atoms with Crippen molar-refractivity contribution in [3.63, 3.8) is 0 Å². The van der Waals surface area contributed by atoms with Crippen LogP contribution in [0.2, 0.25) is 0 Å². The fourth-order valence-corrected chi connectivity index (χ4v) is 2.07. The number of ether oxygens (including phenoxy) is 2. The molecule has 0 bridgehead atoms. The summed E-state index contributed by atoms with van der Waals surface area (Å²) in [5, 5.41) is 8.94. The highest BCUT2D eigenvalue weighted by Crippen LogP contribution is 2.42. The fourth-order valence-electron chi connectivity index (χ4n) is 1.34. The van der Waals surface area contributed by atoms with Gasteiger partial charge in [-0.15, -0.1) is 0 Å². The third-order valence-electron chi connectivity index (χ3n) is 2.10. The van der Waals surface area contributed by atoms with Crippen molar-refractivity contribution in [3.8, 4) is 11.5 Å². The van der Waals surface area contributed by atoms with Gasteiger partial charge in [-0.3, -0.25) is 0 Å². The molecule has 1 heterocycles. The Morgan fingerprint density at radius 2 is 2.29 bits per heavy atom. The van der Waals surface area contributed by atoms with Crippen molar-refractivity contribution in [2.24, 2.45) is 5.73 Å². The van der Waals surface area contributed by atoms with E-state index >= 15 is 0 Å². The fraction of sp³-hybridized carbons (Fsp3) is 0.333. The lowest BCUT2D eigenvalue weighted by Crippen LogP contribution is -2.15. The minimum Gasteiger partial charge on any atom is -0.454 e. The second kappa shape index (κ2) is 3.76. The molecule has 0 amide bonds.